The van der Waals surface area contributed by atoms with Gasteiger partial charge >= 0.3 is 0 Å². The summed E-state index contributed by atoms with van der Waals surface area (Å²) in [5.41, 5.74) is 2.26. The Bertz CT molecular complexity index is 1120. The Balaban J connectivity index is 1.52. The van der Waals surface area contributed by atoms with E-state index >= 15 is 0 Å². The molecule has 1 aliphatic carbocycles. The molecule has 0 saturated carbocycles. The highest BCUT2D eigenvalue weighted by Gasteiger charge is 2.19. The molecular formula is C19H17N3OS3. The molecule has 4 nitrogen and oxygen atoms in total. The fraction of sp³-hybridized carbons (Fsp3) is 0.316. The third-order valence-corrected chi connectivity index (χ3v) is 7.94. The summed E-state index contributed by atoms with van der Waals surface area (Å²) in [7, 11) is 0. The minimum atomic E-state index is 0.0834. The van der Waals surface area contributed by atoms with Crippen molar-refractivity contribution in [2.75, 3.05) is 0 Å². The Hall–Kier alpha value is -1.83. The van der Waals surface area contributed by atoms with Crippen LogP contribution in [0.15, 0.2) is 34.0 Å². The van der Waals surface area contributed by atoms with Gasteiger partial charge in [-0.3, -0.25) is 9.36 Å². The molecule has 0 amide bonds. The highest BCUT2D eigenvalue weighted by atomic mass is 32.1. The van der Waals surface area contributed by atoms with E-state index in [1.807, 2.05) is 11.4 Å². The van der Waals surface area contributed by atoms with Crippen LogP contribution in [0.5, 0.6) is 0 Å². The van der Waals surface area contributed by atoms with Gasteiger partial charge in [-0.15, -0.1) is 34.0 Å². The quantitative estimate of drug-likeness (QED) is 0.458. The Morgan fingerprint density at radius 3 is 2.96 bits per heavy atom. The lowest BCUT2D eigenvalue weighted by Crippen LogP contribution is -2.21. The van der Waals surface area contributed by atoms with Gasteiger partial charge in [0.25, 0.3) is 5.56 Å². The summed E-state index contributed by atoms with van der Waals surface area (Å²) in [6.45, 7) is 0.480. The summed E-state index contributed by atoms with van der Waals surface area (Å²) < 4.78 is 1.72. The Kier molecular flexibility index (Phi) is 4.23. The molecule has 26 heavy (non-hydrogen) atoms. The molecule has 0 N–H and O–H groups in total. The van der Waals surface area contributed by atoms with Crippen LogP contribution in [0.3, 0.4) is 0 Å². The van der Waals surface area contributed by atoms with E-state index in [0.717, 1.165) is 33.8 Å². The second-order valence-corrected chi connectivity index (χ2v) is 9.43. The van der Waals surface area contributed by atoms with Crippen LogP contribution in [0.1, 0.15) is 35.4 Å². The average Bonchev–Trinajstić information content (AvgIpc) is 3.35. The number of nitrogens with zero attached hydrogens (tertiary/aromatic N) is 3. The first kappa shape index (κ1) is 16.4. The number of fused-ring (bicyclic) bond motifs is 3. The molecule has 5 rings (SSSR count). The maximum Gasteiger partial charge on any atom is 0.262 e. The molecule has 0 saturated heterocycles. The van der Waals surface area contributed by atoms with Crippen molar-refractivity contribution in [2.45, 2.75) is 38.6 Å². The van der Waals surface area contributed by atoms with E-state index < -0.39 is 0 Å². The lowest BCUT2D eigenvalue weighted by Gasteiger charge is -2.04. The lowest BCUT2D eigenvalue weighted by molar-refractivity contribution is 0.711. The van der Waals surface area contributed by atoms with Crippen LogP contribution < -0.4 is 5.56 Å². The molecule has 7 heteroatoms. The maximum atomic E-state index is 13.1. The van der Waals surface area contributed by atoms with Crippen molar-refractivity contribution in [3.8, 4) is 9.88 Å². The summed E-state index contributed by atoms with van der Waals surface area (Å²) in [6, 6.07) is 4.11. The van der Waals surface area contributed by atoms with E-state index in [-0.39, 0.29) is 5.56 Å². The summed E-state index contributed by atoms with van der Waals surface area (Å²) in [5, 5.41) is 5.96. The molecule has 0 spiro atoms. The first-order valence-corrected chi connectivity index (χ1v) is 11.3. The van der Waals surface area contributed by atoms with E-state index in [2.05, 4.69) is 16.4 Å². The fourth-order valence-electron chi connectivity index (χ4n) is 3.54. The van der Waals surface area contributed by atoms with Crippen molar-refractivity contribution in [2.24, 2.45) is 0 Å². The third kappa shape index (κ3) is 2.84. The summed E-state index contributed by atoms with van der Waals surface area (Å²) >= 11 is 5.02. The number of thiazole rings is 1. The third-order valence-electron chi connectivity index (χ3n) is 4.81. The van der Waals surface area contributed by atoms with Crippen LogP contribution in [0.4, 0.5) is 0 Å². The molecule has 0 radical (unpaired) electrons. The molecule has 4 heterocycles. The van der Waals surface area contributed by atoms with Gasteiger partial charge in [-0.1, -0.05) is 12.5 Å². The standard InChI is InChI=1S/C19H17N3OS3/c23-19-16-13-5-2-1-3-6-14(13)26-18(16)20-11-22(19)9-12-10-25-17(21-12)15-7-4-8-24-15/h4,7-8,10-11H,1-3,5-6,9H2. The Morgan fingerprint density at radius 1 is 1.15 bits per heavy atom. The molecule has 1 aliphatic rings. The van der Waals surface area contributed by atoms with Crippen LogP contribution >= 0.6 is 34.0 Å². The second-order valence-electron chi connectivity index (χ2n) is 6.54. The average molecular weight is 400 g/mol. The summed E-state index contributed by atoms with van der Waals surface area (Å²) in [4.78, 5) is 25.9. The summed E-state index contributed by atoms with van der Waals surface area (Å²) in [6.07, 6.45) is 7.43. The number of hydrogen-bond acceptors (Lipinski definition) is 6. The molecule has 132 valence electrons. The first-order chi connectivity index (χ1) is 12.8. The predicted octanol–water partition coefficient (Wildman–Crippen LogP) is 4.96. The number of aromatic nitrogens is 3. The highest BCUT2D eigenvalue weighted by molar-refractivity contribution is 7.20. The minimum absolute atomic E-state index is 0.0834. The SMILES string of the molecule is O=c1c2c3c(sc2ncn1Cc1csc(-c2cccs2)n1)CCCCC3. The van der Waals surface area contributed by atoms with Crippen molar-refractivity contribution in [3.05, 3.63) is 55.7 Å². The van der Waals surface area contributed by atoms with Gasteiger partial charge in [0.05, 0.1) is 28.8 Å². The fourth-order valence-corrected chi connectivity index (χ4v) is 6.38. The van der Waals surface area contributed by atoms with Gasteiger partial charge in [-0.05, 0) is 42.7 Å². The van der Waals surface area contributed by atoms with E-state index in [1.54, 1.807) is 44.9 Å². The monoisotopic (exact) mass is 399 g/mol. The van der Waals surface area contributed by atoms with E-state index in [1.165, 1.54) is 34.6 Å². The molecule has 4 aromatic rings. The van der Waals surface area contributed by atoms with Gasteiger partial charge < -0.3 is 0 Å². The van der Waals surface area contributed by atoms with E-state index in [4.69, 9.17) is 4.98 Å². The van der Waals surface area contributed by atoms with Crippen molar-refractivity contribution >= 4 is 44.2 Å². The smallest absolute Gasteiger partial charge is 0.262 e. The number of aryl methyl sites for hydroxylation is 2. The number of rotatable bonds is 3. The molecule has 0 fully saturated rings. The molecule has 4 aromatic heterocycles. The van der Waals surface area contributed by atoms with Gasteiger partial charge in [-0.2, -0.15) is 0 Å². The molecule has 0 unspecified atom stereocenters. The number of hydrogen-bond donors (Lipinski definition) is 0. The topological polar surface area (TPSA) is 47.8 Å². The Morgan fingerprint density at radius 2 is 2.08 bits per heavy atom. The minimum Gasteiger partial charge on any atom is -0.293 e. The van der Waals surface area contributed by atoms with Crippen LogP contribution in [0.2, 0.25) is 0 Å². The highest BCUT2D eigenvalue weighted by Crippen LogP contribution is 2.33. The zero-order chi connectivity index (χ0) is 17.5. The summed E-state index contributed by atoms with van der Waals surface area (Å²) in [5.74, 6) is 0. The van der Waals surface area contributed by atoms with Crippen LogP contribution in [-0.2, 0) is 19.4 Å². The van der Waals surface area contributed by atoms with Crippen LogP contribution in [0.25, 0.3) is 20.1 Å². The van der Waals surface area contributed by atoms with Crippen molar-refractivity contribution in [3.63, 3.8) is 0 Å². The molecule has 0 aromatic carbocycles. The predicted molar refractivity (Wildman–Crippen MR) is 110 cm³/mol. The molecule has 0 aliphatic heterocycles. The molecule has 0 bridgehead atoms. The van der Waals surface area contributed by atoms with Gasteiger partial charge in [0.15, 0.2) is 0 Å². The van der Waals surface area contributed by atoms with Gasteiger partial charge in [-0.25, -0.2) is 9.97 Å². The van der Waals surface area contributed by atoms with Crippen molar-refractivity contribution in [1.82, 2.24) is 14.5 Å². The number of thiophene rings is 2. The lowest BCUT2D eigenvalue weighted by atomic mass is 10.1. The maximum absolute atomic E-state index is 13.1. The zero-order valence-electron chi connectivity index (χ0n) is 14.1. The Labute approximate surface area is 162 Å². The normalized spacial score (nSPS) is 14.5. The van der Waals surface area contributed by atoms with Crippen molar-refractivity contribution in [1.29, 1.82) is 0 Å². The van der Waals surface area contributed by atoms with Gasteiger partial charge in [0.1, 0.15) is 9.84 Å². The van der Waals surface area contributed by atoms with Gasteiger partial charge in [0, 0.05) is 10.3 Å². The molecular weight excluding hydrogens is 382 g/mol. The zero-order valence-corrected chi connectivity index (χ0v) is 16.6. The molecule has 0 atom stereocenters. The largest absolute Gasteiger partial charge is 0.293 e. The van der Waals surface area contributed by atoms with Crippen LogP contribution in [0, 0.1) is 0 Å². The van der Waals surface area contributed by atoms with E-state index in [0.29, 0.717) is 6.54 Å². The van der Waals surface area contributed by atoms with E-state index in [9.17, 15) is 4.79 Å². The first-order valence-electron chi connectivity index (χ1n) is 8.77. The van der Waals surface area contributed by atoms with Crippen LogP contribution in [-0.4, -0.2) is 14.5 Å². The van der Waals surface area contributed by atoms with Crippen molar-refractivity contribution < 1.29 is 0 Å². The van der Waals surface area contributed by atoms with Gasteiger partial charge in [0.2, 0.25) is 0 Å². The second kappa shape index (κ2) is 6.72.